The summed E-state index contributed by atoms with van der Waals surface area (Å²) in [5, 5.41) is 6.49. The van der Waals surface area contributed by atoms with Gasteiger partial charge in [0.2, 0.25) is 5.95 Å². The van der Waals surface area contributed by atoms with Crippen LogP contribution in [0.1, 0.15) is 36.0 Å². The van der Waals surface area contributed by atoms with E-state index < -0.39 is 5.91 Å². The number of nitrogens with two attached hydrogens (primary N) is 2. The van der Waals surface area contributed by atoms with Crippen molar-refractivity contribution >= 4 is 23.4 Å². The summed E-state index contributed by atoms with van der Waals surface area (Å²) in [4.78, 5) is 23.8. The number of rotatable bonds is 6. The molecule has 4 rings (SSSR count). The molecule has 0 unspecified atom stereocenters. The Morgan fingerprint density at radius 1 is 1.14 bits per heavy atom. The number of anilines is 3. The van der Waals surface area contributed by atoms with Gasteiger partial charge in [-0.25, -0.2) is 4.98 Å². The van der Waals surface area contributed by atoms with Gasteiger partial charge in [-0.15, -0.1) is 0 Å². The molecule has 0 radical (unpaired) electrons. The van der Waals surface area contributed by atoms with Crippen LogP contribution in [-0.4, -0.2) is 32.9 Å². The van der Waals surface area contributed by atoms with Crippen molar-refractivity contribution in [2.45, 2.75) is 37.8 Å². The predicted molar refractivity (Wildman–Crippen MR) is 114 cm³/mol. The summed E-state index contributed by atoms with van der Waals surface area (Å²) in [5.74, 6) is 0.214. The van der Waals surface area contributed by atoms with E-state index in [9.17, 15) is 4.79 Å². The molecule has 0 aliphatic heterocycles. The van der Waals surface area contributed by atoms with Gasteiger partial charge in [0.1, 0.15) is 11.4 Å². The zero-order valence-corrected chi connectivity index (χ0v) is 16.1. The molecular formula is C21H25N7O. The van der Waals surface area contributed by atoms with Gasteiger partial charge in [0.05, 0.1) is 0 Å². The van der Waals surface area contributed by atoms with E-state index in [0.717, 1.165) is 42.6 Å². The number of nitrogens with zero attached hydrogens (tertiary/aromatic N) is 2. The molecule has 0 bridgehead atoms. The largest absolute Gasteiger partial charge is 0.365 e. The van der Waals surface area contributed by atoms with Crippen LogP contribution < -0.4 is 22.1 Å². The zero-order valence-electron chi connectivity index (χ0n) is 16.1. The molecule has 1 aliphatic rings. The van der Waals surface area contributed by atoms with Crippen LogP contribution in [0.15, 0.2) is 48.8 Å². The van der Waals surface area contributed by atoms with E-state index in [1.807, 2.05) is 42.6 Å². The van der Waals surface area contributed by atoms with Crippen LogP contribution in [0.2, 0.25) is 0 Å². The maximum Gasteiger partial charge on any atom is 0.254 e. The lowest BCUT2D eigenvalue weighted by atomic mass is 9.91. The molecule has 150 valence electrons. The topological polar surface area (TPSA) is 135 Å². The number of carbonyl (C=O) groups excluding carboxylic acids is 1. The molecule has 1 aliphatic carbocycles. The van der Waals surface area contributed by atoms with Gasteiger partial charge in [0.15, 0.2) is 0 Å². The number of primary amides is 1. The maximum absolute atomic E-state index is 11.8. The minimum absolute atomic E-state index is 0.0695. The molecular weight excluding hydrogens is 366 g/mol. The van der Waals surface area contributed by atoms with Crippen molar-refractivity contribution in [3.63, 3.8) is 0 Å². The third-order valence-corrected chi connectivity index (χ3v) is 5.24. The van der Waals surface area contributed by atoms with Gasteiger partial charge in [-0.1, -0.05) is 25.0 Å². The van der Waals surface area contributed by atoms with E-state index in [-0.39, 0.29) is 17.6 Å². The van der Waals surface area contributed by atoms with Crippen molar-refractivity contribution in [2.75, 3.05) is 10.6 Å². The molecule has 2 heterocycles. The summed E-state index contributed by atoms with van der Waals surface area (Å²) in [6, 6.07) is 12.0. The van der Waals surface area contributed by atoms with Crippen molar-refractivity contribution in [1.82, 2.24) is 15.0 Å². The summed E-state index contributed by atoms with van der Waals surface area (Å²) in [7, 11) is 0. The number of carbonyl (C=O) groups is 1. The molecule has 2 atom stereocenters. The maximum atomic E-state index is 11.8. The zero-order chi connectivity index (χ0) is 20.2. The summed E-state index contributed by atoms with van der Waals surface area (Å²) < 4.78 is 0. The lowest BCUT2D eigenvalue weighted by Crippen LogP contribution is -2.43. The molecule has 8 nitrogen and oxygen atoms in total. The van der Waals surface area contributed by atoms with Crippen LogP contribution in [0.4, 0.5) is 17.5 Å². The van der Waals surface area contributed by atoms with Gasteiger partial charge < -0.3 is 27.1 Å². The second-order valence-corrected chi connectivity index (χ2v) is 7.31. The van der Waals surface area contributed by atoms with Crippen molar-refractivity contribution < 1.29 is 4.79 Å². The van der Waals surface area contributed by atoms with Crippen molar-refractivity contribution in [2.24, 2.45) is 11.5 Å². The van der Waals surface area contributed by atoms with Gasteiger partial charge in [-0.2, -0.15) is 4.98 Å². The Kier molecular flexibility index (Phi) is 5.44. The Bertz CT molecular complexity index is 969. The number of aromatic nitrogens is 3. The summed E-state index contributed by atoms with van der Waals surface area (Å²) in [6.07, 6.45) is 7.56. The van der Waals surface area contributed by atoms with Crippen molar-refractivity contribution in [3.05, 3.63) is 54.4 Å². The fraction of sp³-hybridized carbons (Fsp3) is 0.286. The highest BCUT2D eigenvalue weighted by molar-refractivity contribution is 5.98. The number of amides is 1. The number of aromatic amines is 1. The second kappa shape index (κ2) is 8.32. The minimum Gasteiger partial charge on any atom is -0.365 e. The van der Waals surface area contributed by atoms with Crippen molar-refractivity contribution in [3.8, 4) is 11.3 Å². The first-order valence-electron chi connectivity index (χ1n) is 9.80. The Balaban J connectivity index is 1.55. The lowest BCUT2D eigenvalue weighted by Gasteiger charge is -2.29. The molecule has 8 heteroatoms. The Labute approximate surface area is 169 Å². The number of benzene rings is 1. The van der Waals surface area contributed by atoms with Crippen LogP contribution in [-0.2, 0) is 0 Å². The van der Waals surface area contributed by atoms with E-state index in [1.54, 1.807) is 0 Å². The van der Waals surface area contributed by atoms with Crippen LogP contribution in [0.25, 0.3) is 11.3 Å². The lowest BCUT2D eigenvalue weighted by molar-refractivity contribution is 0.100. The average Bonchev–Trinajstić information content (AvgIpc) is 3.25. The summed E-state index contributed by atoms with van der Waals surface area (Å²) in [6.45, 7) is 0. The van der Waals surface area contributed by atoms with Crippen LogP contribution >= 0.6 is 0 Å². The Hall–Kier alpha value is -3.39. The molecule has 0 saturated heterocycles. The summed E-state index contributed by atoms with van der Waals surface area (Å²) >= 11 is 0. The SMILES string of the molecule is NC(=O)c1cnc(N[C@@H]2CCCC[C@@H]2N)nc1Nc1ccc(-c2ccc[nH]2)cc1. The third-order valence-electron chi connectivity index (χ3n) is 5.24. The number of nitrogens with one attached hydrogen (secondary N) is 3. The molecule has 1 amide bonds. The highest BCUT2D eigenvalue weighted by Crippen LogP contribution is 2.25. The minimum atomic E-state index is -0.587. The highest BCUT2D eigenvalue weighted by atomic mass is 16.1. The Morgan fingerprint density at radius 3 is 2.62 bits per heavy atom. The standard InChI is InChI=1S/C21H25N7O/c22-16-4-1-2-5-18(16)27-21-25-12-15(19(23)29)20(28-21)26-14-9-7-13(8-10-14)17-6-3-11-24-17/h3,6-12,16,18,24H,1-2,4-5,22H2,(H2,23,29)(H2,25,26,27,28)/t16-,18+/m0/s1. The normalized spacial score (nSPS) is 18.9. The van der Waals surface area contributed by atoms with Crippen LogP contribution in [0, 0.1) is 0 Å². The molecule has 3 aromatic rings. The average molecular weight is 391 g/mol. The molecule has 1 fully saturated rings. The Morgan fingerprint density at radius 2 is 1.93 bits per heavy atom. The molecule has 1 aromatic carbocycles. The fourth-order valence-corrected chi connectivity index (χ4v) is 3.61. The summed E-state index contributed by atoms with van der Waals surface area (Å²) in [5.41, 5.74) is 14.8. The van der Waals surface area contributed by atoms with E-state index in [2.05, 4.69) is 25.6 Å². The number of H-pyrrole nitrogens is 1. The first-order chi connectivity index (χ1) is 14.1. The highest BCUT2D eigenvalue weighted by Gasteiger charge is 2.23. The quantitative estimate of drug-likeness (QED) is 0.438. The fourth-order valence-electron chi connectivity index (χ4n) is 3.61. The van der Waals surface area contributed by atoms with Gasteiger partial charge in [-0.3, -0.25) is 4.79 Å². The molecule has 7 N–H and O–H groups in total. The first kappa shape index (κ1) is 18.9. The monoisotopic (exact) mass is 391 g/mol. The van der Waals surface area contributed by atoms with Gasteiger partial charge in [-0.05, 0) is 42.7 Å². The predicted octanol–water partition coefficient (Wildman–Crippen LogP) is 3.00. The van der Waals surface area contributed by atoms with Crippen molar-refractivity contribution in [1.29, 1.82) is 0 Å². The van der Waals surface area contributed by atoms with E-state index in [1.165, 1.54) is 6.20 Å². The first-order valence-corrected chi connectivity index (χ1v) is 9.80. The number of hydrogen-bond acceptors (Lipinski definition) is 6. The smallest absolute Gasteiger partial charge is 0.254 e. The van der Waals surface area contributed by atoms with Gasteiger partial charge in [0.25, 0.3) is 5.91 Å². The van der Waals surface area contributed by atoms with Crippen LogP contribution in [0.3, 0.4) is 0 Å². The van der Waals surface area contributed by atoms with E-state index in [4.69, 9.17) is 11.5 Å². The van der Waals surface area contributed by atoms with Gasteiger partial charge >= 0.3 is 0 Å². The van der Waals surface area contributed by atoms with E-state index in [0.29, 0.717) is 11.8 Å². The van der Waals surface area contributed by atoms with Gasteiger partial charge in [0, 0.05) is 35.9 Å². The molecule has 2 aromatic heterocycles. The molecule has 1 saturated carbocycles. The number of hydrogen-bond donors (Lipinski definition) is 5. The molecule has 29 heavy (non-hydrogen) atoms. The van der Waals surface area contributed by atoms with Crippen LogP contribution in [0.5, 0.6) is 0 Å². The third kappa shape index (κ3) is 4.38. The molecule has 0 spiro atoms. The second-order valence-electron chi connectivity index (χ2n) is 7.31. The van der Waals surface area contributed by atoms with E-state index >= 15 is 0 Å².